The first-order valence-electron chi connectivity index (χ1n) is 6.63. The molecular weight excluding hydrogens is 232 g/mol. The van der Waals surface area contributed by atoms with Gasteiger partial charge in [-0.1, -0.05) is 12.1 Å². The molecule has 5 nitrogen and oxygen atoms in total. The minimum absolute atomic E-state index is 0.0415. The lowest BCUT2D eigenvalue weighted by atomic mass is 10.1. The van der Waals surface area contributed by atoms with Crippen molar-refractivity contribution in [2.45, 2.75) is 50.7 Å². The van der Waals surface area contributed by atoms with Gasteiger partial charge in [0.25, 0.3) is 5.91 Å². The molecule has 2 fully saturated rings. The van der Waals surface area contributed by atoms with Gasteiger partial charge in [0, 0.05) is 12.6 Å². The molecule has 1 saturated carbocycles. The number of amides is 1. The van der Waals surface area contributed by atoms with Crippen molar-refractivity contribution in [2.24, 2.45) is 0 Å². The standard InChI is InChI=1S/C13H18N2O3/c1-2-9-8-10(18-14-9)12(16)15-7-3-4-11(15)13(17)5-6-13/h8,11,17H,2-7H2,1H3. The van der Waals surface area contributed by atoms with Gasteiger partial charge in [0.1, 0.15) is 0 Å². The van der Waals surface area contributed by atoms with Crippen molar-refractivity contribution >= 4 is 5.91 Å². The third-order valence-corrected chi connectivity index (χ3v) is 4.03. The normalized spacial score (nSPS) is 25.4. The predicted molar refractivity (Wildman–Crippen MR) is 64.1 cm³/mol. The van der Waals surface area contributed by atoms with Crippen molar-refractivity contribution in [1.82, 2.24) is 10.1 Å². The third kappa shape index (κ3) is 1.82. The van der Waals surface area contributed by atoms with Gasteiger partial charge in [-0.25, -0.2) is 0 Å². The molecule has 98 valence electrons. The van der Waals surface area contributed by atoms with E-state index in [0.717, 1.165) is 37.8 Å². The molecule has 5 heteroatoms. The van der Waals surface area contributed by atoms with Gasteiger partial charge in [-0.3, -0.25) is 4.79 Å². The van der Waals surface area contributed by atoms with Crippen LogP contribution in [0.4, 0.5) is 0 Å². The van der Waals surface area contributed by atoms with Crippen LogP contribution in [0.15, 0.2) is 10.6 Å². The monoisotopic (exact) mass is 250 g/mol. The molecule has 1 N–H and O–H groups in total. The van der Waals surface area contributed by atoms with E-state index >= 15 is 0 Å². The Hall–Kier alpha value is -1.36. The van der Waals surface area contributed by atoms with E-state index < -0.39 is 5.60 Å². The van der Waals surface area contributed by atoms with Crippen LogP contribution >= 0.6 is 0 Å². The van der Waals surface area contributed by atoms with Crippen molar-refractivity contribution in [3.05, 3.63) is 17.5 Å². The quantitative estimate of drug-likeness (QED) is 0.879. The Bertz CT molecular complexity index is 465. The number of aliphatic hydroxyl groups is 1. The number of carbonyl (C=O) groups excluding carboxylic acids is 1. The van der Waals surface area contributed by atoms with Gasteiger partial charge in [-0.2, -0.15) is 0 Å². The summed E-state index contributed by atoms with van der Waals surface area (Å²) < 4.78 is 5.09. The highest BCUT2D eigenvalue weighted by atomic mass is 16.5. The molecule has 2 aliphatic rings. The first-order valence-corrected chi connectivity index (χ1v) is 6.63. The van der Waals surface area contributed by atoms with Crippen LogP contribution in [0.25, 0.3) is 0 Å². The summed E-state index contributed by atoms with van der Waals surface area (Å²) in [7, 11) is 0. The van der Waals surface area contributed by atoms with Gasteiger partial charge in [0.05, 0.1) is 17.3 Å². The van der Waals surface area contributed by atoms with Gasteiger partial charge in [0.15, 0.2) is 0 Å². The predicted octanol–water partition coefficient (Wildman–Crippen LogP) is 1.37. The number of carbonyl (C=O) groups is 1. The van der Waals surface area contributed by atoms with E-state index in [0.29, 0.717) is 12.3 Å². The van der Waals surface area contributed by atoms with E-state index in [-0.39, 0.29) is 11.9 Å². The molecule has 0 radical (unpaired) electrons. The molecule has 1 aromatic rings. The van der Waals surface area contributed by atoms with Gasteiger partial charge < -0.3 is 14.5 Å². The highest BCUT2D eigenvalue weighted by molar-refractivity contribution is 5.92. The van der Waals surface area contributed by atoms with Crippen LogP contribution in [0.2, 0.25) is 0 Å². The van der Waals surface area contributed by atoms with Crippen LogP contribution in [0, 0.1) is 0 Å². The minimum Gasteiger partial charge on any atom is -0.388 e. The summed E-state index contributed by atoms with van der Waals surface area (Å²) in [5.74, 6) is 0.160. The van der Waals surface area contributed by atoms with E-state index in [9.17, 15) is 9.90 Å². The third-order valence-electron chi connectivity index (χ3n) is 4.03. The zero-order chi connectivity index (χ0) is 12.8. The molecule has 0 aromatic carbocycles. The number of aryl methyl sites for hydroxylation is 1. The molecule has 1 aliphatic heterocycles. The first kappa shape index (κ1) is 11.7. The summed E-state index contributed by atoms with van der Waals surface area (Å²) >= 11 is 0. The molecule has 0 bridgehead atoms. The number of aromatic nitrogens is 1. The molecular formula is C13H18N2O3. The number of hydrogen-bond donors (Lipinski definition) is 1. The van der Waals surface area contributed by atoms with Crippen molar-refractivity contribution < 1.29 is 14.4 Å². The SMILES string of the molecule is CCc1cc(C(=O)N2CCCC2C2(O)CC2)on1. The fourth-order valence-electron chi connectivity index (χ4n) is 2.75. The topological polar surface area (TPSA) is 66.6 Å². The van der Waals surface area contributed by atoms with Crippen LogP contribution in [-0.4, -0.2) is 39.3 Å². The molecule has 1 aliphatic carbocycles. The Morgan fingerprint density at radius 1 is 1.67 bits per heavy atom. The summed E-state index contributed by atoms with van der Waals surface area (Å²) in [5, 5.41) is 14.1. The summed E-state index contributed by atoms with van der Waals surface area (Å²) in [4.78, 5) is 14.1. The Balaban J connectivity index is 1.79. The molecule has 1 atom stereocenters. The fraction of sp³-hybridized carbons (Fsp3) is 0.692. The van der Waals surface area contributed by atoms with Crippen molar-refractivity contribution in [3.8, 4) is 0 Å². The highest BCUT2D eigenvalue weighted by Crippen LogP contribution is 2.44. The maximum atomic E-state index is 12.3. The number of likely N-dealkylation sites (tertiary alicyclic amines) is 1. The lowest BCUT2D eigenvalue weighted by Crippen LogP contribution is -2.44. The first-order chi connectivity index (χ1) is 8.64. The average molecular weight is 250 g/mol. The van der Waals surface area contributed by atoms with Gasteiger partial charge in [0.2, 0.25) is 5.76 Å². The second-order valence-corrected chi connectivity index (χ2v) is 5.30. The summed E-state index contributed by atoms with van der Waals surface area (Å²) in [6, 6.07) is 1.66. The number of rotatable bonds is 3. The summed E-state index contributed by atoms with van der Waals surface area (Å²) in [5.41, 5.74) is 0.152. The second kappa shape index (κ2) is 4.09. The molecule has 18 heavy (non-hydrogen) atoms. The van der Waals surface area contributed by atoms with Crippen LogP contribution in [0.3, 0.4) is 0 Å². The molecule has 0 spiro atoms. The molecule has 3 rings (SSSR count). The molecule has 1 unspecified atom stereocenters. The van der Waals surface area contributed by atoms with Crippen molar-refractivity contribution in [2.75, 3.05) is 6.54 Å². The maximum absolute atomic E-state index is 12.3. The Labute approximate surface area is 106 Å². The number of nitrogens with zero attached hydrogens (tertiary/aromatic N) is 2. The van der Waals surface area contributed by atoms with Crippen molar-refractivity contribution in [1.29, 1.82) is 0 Å². The van der Waals surface area contributed by atoms with Crippen molar-refractivity contribution in [3.63, 3.8) is 0 Å². The molecule has 1 saturated heterocycles. The average Bonchev–Trinajstić information content (AvgIpc) is 2.90. The lowest BCUT2D eigenvalue weighted by molar-refractivity contribution is 0.0359. The largest absolute Gasteiger partial charge is 0.388 e. The summed E-state index contributed by atoms with van der Waals surface area (Å²) in [6.07, 6.45) is 4.20. The molecule has 1 aromatic heterocycles. The Morgan fingerprint density at radius 2 is 2.44 bits per heavy atom. The van der Waals surface area contributed by atoms with E-state index in [2.05, 4.69) is 5.16 Å². The van der Waals surface area contributed by atoms with E-state index in [4.69, 9.17) is 4.52 Å². The maximum Gasteiger partial charge on any atom is 0.292 e. The zero-order valence-corrected chi connectivity index (χ0v) is 10.6. The van der Waals surface area contributed by atoms with E-state index in [1.807, 2.05) is 6.92 Å². The Morgan fingerprint density at radius 3 is 3.06 bits per heavy atom. The Kier molecular flexibility index (Phi) is 2.66. The van der Waals surface area contributed by atoms with E-state index in [1.165, 1.54) is 0 Å². The van der Waals surface area contributed by atoms with E-state index in [1.54, 1.807) is 11.0 Å². The molecule has 1 amide bonds. The lowest BCUT2D eigenvalue weighted by Gasteiger charge is -2.27. The summed E-state index contributed by atoms with van der Waals surface area (Å²) in [6.45, 7) is 2.67. The van der Waals surface area contributed by atoms with Crippen LogP contribution in [0.5, 0.6) is 0 Å². The van der Waals surface area contributed by atoms with Crippen LogP contribution in [0.1, 0.15) is 48.9 Å². The van der Waals surface area contributed by atoms with Gasteiger partial charge in [-0.15, -0.1) is 0 Å². The van der Waals surface area contributed by atoms with Gasteiger partial charge in [-0.05, 0) is 32.1 Å². The fourth-order valence-corrected chi connectivity index (χ4v) is 2.75. The van der Waals surface area contributed by atoms with Gasteiger partial charge >= 0.3 is 0 Å². The second-order valence-electron chi connectivity index (χ2n) is 5.30. The van der Waals surface area contributed by atoms with Crippen LogP contribution in [-0.2, 0) is 6.42 Å². The highest BCUT2D eigenvalue weighted by Gasteiger charge is 2.53. The minimum atomic E-state index is -0.639. The zero-order valence-electron chi connectivity index (χ0n) is 10.6. The smallest absolute Gasteiger partial charge is 0.292 e. The molecule has 2 heterocycles. The van der Waals surface area contributed by atoms with Crippen LogP contribution < -0.4 is 0 Å². The number of hydrogen-bond acceptors (Lipinski definition) is 4.